The number of hydrogen-bond donors (Lipinski definition) is 0. The quantitative estimate of drug-likeness (QED) is 0.823. The molecule has 0 atom stereocenters. The maximum atomic E-state index is 12.0. The summed E-state index contributed by atoms with van der Waals surface area (Å²) in [5.41, 5.74) is 1.18. The Morgan fingerprint density at radius 2 is 2.05 bits per heavy atom. The summed E-state index contributed by atoms with van der Waals surface area (Å²) in [5, 5.41) is 4.51. The zero-order chi connectivity index (χ0) is 15.2. The summed E-state index contributed by atoms with van der Waals surface area (Å²) >= 11 is 5.84. The van der Waals surface area contributed by atoms with Crippen molar-refractivity contribution in [3.63, 3.8) is 0 Å². The molecule has 0 unspecified atom stereocenters. The van der Waals surface area contributed by atoms with Gasteiger partial charge in [0.15, 0.2) is 5.82 Å². The lowest BCUT2D eigenvalue weighted by Crippen LogP contribution is -2.26. The van der Waals surface area contributed by atoms with Gasteiger partial charge >= 0.3 is 0 Å². The molecule has 0 fully saturated rings. The molecule has 112 valence electrons. The van der Waals surface area contributed by atoms with E-state index in [1.807, 2.05) is 24.3 Å². The average Bonchev–Trinajstić information content (AvgIpc) is 2.86. The number of amides is 1. The van der Waals surface area contributed by atoms with E-state index in [1.165, 1.54) is 5.56 Å². The number of aromatic nitrogens is 2. The van der Waals surface area contributed by atoms with Crippen LogP contribution in [-0.2, 0) is 17.8 Å². The zero-order valence-corrected chi connectivity index (χ0v) is 12.9. The highest BCUT2D eigenvalue weighted by atomic mass is 35.5. The molecule has 0 radical (unpaired) electrons. The largest absolute Gasteiger partial charge is 0.340 e. The van der Waals surface area contributed by atoms with E-state index in [2.05, 4.69) is 10.1 Å². The molecule has 0 aliphatic rings. The first-order chi connectivity index (χ1) is 10.0. The Kier molecular flexibility index (Phi) is 5.33. The molecule has 0 N–H and O–H groups in total. The molecule has 21 heavy (non-hydrogen) atoms. The molecule has 0 bridgehead atoms. The SMILES string of the molecule is Cc1nc(CN(C)C(=O)CCCc2ccc(Cl)cc2)no1. The van der Waals surface area contributed by atoms with Gasteiger partial charge in [-0.05, 0) is 30.5 Å². The smallest absolute Gasteiger partial charge is 0.223 e. The van der Waals surface area contributed by atoms with E-state index < -0.39 is 0 Å². The minimum atomic E-state index is 0.0754. The van der Waals surface area contributed by atoms with E-state index >= 15 is 0 Å². The molecule has 1 aromatic carbocycles. The van der Waals surface area contributed by atoms with Gasteiger partial charge in [-0.1, -0.05) is 28.9 Å². The van der Waals surface area contributed by atoms with Crippen molar-refractivity contribution in [2.24, 2.45) is 0 Å². The molecule has 0 aliphatic heterocycles. The fourth-order valence-corrected chi connectivity index (χ4v) is 2.12. The maximum Gasteiger partial charge on any atom is 0.223 e. The molecular weight excluding hydrogens is 290 g/mol. The van der Waals surface area contributed by atoms with Crippen molar-refractivity contribution in [2.45, 2.75) is 32.7 Å². The van der Waals surface area contributed by atoms with Crippen LogP contribution in [0, 0.1) is 6.92 Å². The fourth-order valence-electron chi connectivity index (χ4n) is 1.99. The second-order valence-corrected chi connectivity index (χ2v) is 5.40. The first kappa shape index (κ1) is 15.5. The van der Waals surface area contributed by atoms with Gasteiger partial charge in [-0.2, -0.15) is 4.98 Å². The fraction of sp³-hybridized carbons (Fsp3) is 0.400. The average molecular weight is 308 g/mol. The molecule has 0 saturated carbocycles. The van der Waals surface area contributed by atoms with Gasteiger partial charge in [-0.25, -0.2) is 0 Å². The van der Waals surface area contributed by atoms with Crippen LogP contribution in [0.3, 0.4) is 0 Å². The standard InChI is InChI=1S/C15H18ClN3O2/c1-11-17-14(18-21-11)10-19(2)15(20)5-3-4-12-6-8-13(16)9-7-12/h6-9H,3-5,10H2,1-2H3. The summed E-state index contributed by atoms with van der Waals surface area (Å²) in [5.74, 6) is 1.11. The first-order valence-corrected chi connectivity index (χ1v) is 7.20. The highest BCUT2D eigenvalue weighted by Gasteiger charge is 2.12. The maximum absolute atomic E-state index is 12.0. The van der Waals surface area contributed by atoms with Crippen LogP contribution in [0.15, 0.2) is 28.8 Å². The highest BCUT2D eigenvalue weighted by Crippen LogP contribution is 2.12. The van der Waals surface area contributed by atoms with Crippen LogP contribution in [0.2, 0.25) is 5.02 Å². The predicted molar refractivity (Wildman–Crippen MR) is 79.9 cm³/mol. The molecule has 0 saturated heterocycles. The van der Waals surface area contributed by atoms with E-state index in [1.54, 1.807) is 18.9 Å². The number of nitrogens with zero attached hydrogens (tertiary/aromatic N) is 3. The van der Waals surface area contributed by atoms with Gasteiger partial charge in [0.25, 0.3) is 0 Å². The molecular formula is C15H18ClN3O2. The van der Waals surface area contributed by atoms with Crippen LogP contribution in [0.5, 0.6) is 0 Å². The second-order valence-electron chi connectivity index (χ2n) is 4.96. The van der Waals surface area contributed by atoms with Crippen molar-refractivity contribution in [3.05, 3.63) is 46.6 Å². The number of aryl methyl sites for hydroxylation is 2. The van der Waals surface area contributed by atoms with Crippen molar-refractivity contribution in [1.82, 2.24) is 15.0 Å². The van der Waals surface area contributed by atoms with Crippen LogP contribution < -0.4 is 0 Å². The van der Waals surface area contributed by atoms with Gasteiger partial charge in [0.05, 0.1) is 6.54 Å². The van der Waals surface area contributed by atoms with Gasteiger partial charge in [-0.3, -0.25) is 4.79 Å². The van der Waals surface area contributed by atoms with Crippen LogP contribution in [0.4, 0.5) is 0 Å². The molecule has 1 heterocycles. The third kappa shape index (κ3) is 4.86. The van der Waals surface area contributed by atoms with Gasteiger partial charge in [0.1, 0.15) is 0 Å². The topological polar surface area (TPSA) is 59.2 Å². The van der Waals surface area contributed by atoms with Crippen LogP contribution in [0.25, 0.3) is 0 Å². The minimum Gasteiger partial charge on any atom is -0.340 e. The lowest BCUT2D eigenvalue weighted by atomic mass is 10.1. The Labute approximate surface area is 128 Å². The Morgan fingerprint density at radius 1 is 1.33 bits per heavy atom. The number of hydrogen-bond acceptors (Lipinski definition) is 4. The number of carbonyl (C=O) groups excluding carboxylic acids is 1. The number of benzene rings is 1. The summed E-state index contributed by atoms with van der Waals surface area (Å²) in [7, 11) is 1.75. The summed E-state index contributed by atoms with van der Waals surface area (Å²) in [6.07, 6.45) is 2.16. The molecule has 2 rings (SSSR count). The van der Waals surface area contributed by atoms with Crippen molar-refractivity contribution >= 4 is 17.5 Å². The molecule has 2 aromatic rings. The summed E-state index contributed by atoms with van der Waals surface area (Å²) in [4.78, 5) is 17.7. The van der Waals surface area contributed by atoms with E-state index in [0.29, 0.717) is 24.7 Å². The lowest BCUT2D eigenvalue weighted by Gasteiger charge is -2.14. The van der Waals surface area contributed by atoms with Crippen LogP contribution >= 0.6 is 11.6 Å². The number of carbonyl (C=O) groups is 1. The predicted octanol–water partition coefficient (Wildman–Crippen LogP) is 3.01. The monoisotopic (exact) mass is 307 g/mol. The van der Waals surface area contributed by atoms with E-state index in [9.17, 15) is 4.79 Å². The van der Waals surface area contributed by atoms with Crippen molar-refractivity contribution in [1.29, 1.82) is 0 Å². The van der Waals surface area contributed by atoms with Gasteiger partial charge < -0.3 is 9.42 Å². The van der Waals surface area contributed by atoms with Gasteiger partial charge in [0, 0.05) is 25.4 Å². The molecule has 6 heteroatoms. The van der Waals surface area contributed by atoms with E-state index in [4.69, 9.17) is 16.1 Å². The summed E-state index contributed by atoms with van der Waals surface area (Å²) < 4.78 is 4.88. The summed E-state index contributed by atoms with van der Waals surface area (Å²) in [6.45, 7) is 2.10. The van der Waals surface area contributed by atoms with Crippen molar-refractivity contribution < 1.29 is 9.32 Å². The Balaban J connectivity index is 1.74. The normalized spacial score (nSPS) is 10.6. The van der Waals surface area contributed by atoms with Crippen molar-refractivity contribution in [2.75, 3.05) is 7.05 Å². The summed E-state index contributed by atoms with van der Waals surface area (Å²) in [6, 6.07) is 7.70. The molecule has 0 aliphatic carbocycles. The van der Waals surface area contributed by atoms with Crippen LogP contribution in [0.1, 0.15) is 30.1 Å². The Bertz CT molecular complexity index is 595. The minimum absolute atomic E-state index is 0.0754. The number of rotatable bonds is 6. The highest BCUT2D eigenvalue weighted by molar-refractivity contribution is 6.30. The van der Waals surface area contributed by atoms with Crippen LogP contribution in [-0.4, -0.2) is 28.0 Å². The third-order valence-corrected chi connectivity index (χ3v) is 3.40. The molecule has 5 nitrogen and oxygen atoms in total. The lowest BCUT2D eigenvalue weighted by molar-refractivity contribution is -0.130. The second kappa shape index (κ2) is 7.22. The molecule has 1 amide bonds. The van der Waals surface area contributed by atoms with Gasteiger partial charge in [-0.15, -0.1) is 0 Å². The van der Waals surface area contributed by atoms with E-state index in [0.717, 1.165) is 17.9 Å². The number of halogens is 1. The molecule has 0 spiro atoms. The molecule has 1 aromatic heterocycles. The first-order valence-electron chi connectivity index (χ1n) is 6.82. The van der Waals surface area contributed by atoms with Gasteiger partial charge in [0.2, 0.25) is 11.8 Å². The Hall–Kier alpha value is -1.88. The van der Waals surface area contributed by atoms with E-state index in [-0.39, 0.29) is 5.91 Å². The third-order valence-electron chi connectivity index (χ3n) is 3.14. The Morgan fingerprint density at radius 3 is 2.67 bits per heavy atom. The van der Waals surface area contributed by atoms with Crippen molar-refractivity contribution in [3.8, 4) is 0 Å². The zero-order valence-electron chi connectivity index (χ0n) is 12.2.